The molecule has 0 heterocycles. The molecule has 0 aliphatic heterocycles. The molecule has 0 spiro atoms. The Bertz CT molecular complexity index is 128. The van der Waals surface area contributed by atoms with Gasteiger partial charge in [-0.05, 0) is 12.3 Å². The van der Waals surface area contributed by atoms with Crippen LogP contribution in [0.1, 0.15) is 34.1 Å². The second-order valence-corrected chi connectivity index (χ2v) is 4.08. The van der Waals surface area contributed by atoms with Gasteiger partial charge in [0, 0.05) is 5.41 Å². The Hall–Kier alpha value is -0.370. The molecule has 1 N–H and O–H groups in total. The molecule has 0 saturated carbocycles. The Morgan fingerprint density at radius 2 is 1.91 bits per heavy atom. The lowest BCUT2D eigenvalue weighted by Crippen LogP contribution is -2.31. The lowest BCUT2D eigenvalue weighted by Gasteiger charge is -2.25. The first-order chi connectivity index (χ1) is 4.90. The molecule has 0 amide bonds. The lowest BCUT2D eigenvalue weighted by atomic mass is 9.84. The van der Waals surface area contributed by atoms with Crippen LogP contribution in [-0.2, 0) is 4.79 Å². The van der Waals surface area contributed by atoms with Gasteiger partial charge in [-0.2, -0.15) is 0 Å². The normalized spacial score (nSPS) is 15.1. The van der Waals surface area contributed by atoms with Crippen molar-refractivity contribution in [2.75, 3.05) is 0 Å². The summed E-state index contributed by atoms with van der Waals surface area (Å²) in [5.41, 5.74) is -0.593. The first-order valence-corrected chi connectivity index (χ1v) is 4.04. The van der Waals surface area contributed by atoms with Crippen LogP contribution in [0.2, 0.25) is 0 Å². The lowest BCUT2D eigenvalue weighted by molar-refractivity contribution is -0.120. The molecule has 1 atom stereocenters. The topological polar surface area (TPSA) is 37.3 Å². The van der Waals surface area contributed by atoms with Crippen LogP contribution in [0.15, 0.2) is 0 Å². The molecule has 0 aliphatic carbocycles. The highest BCUT2D eigenvalue weighted by atomic mass is 16.3. The third kappa shape index (κ3) is 3.51. The number of aldehydes is 1. The summed E-state index contributed by atoms with van der Waals surface area (Å²) in [5.74, 6) is 0.434. The summed E-state index contributed by atoms with van der Waals surface area (Å²) in [6.45, 7) is 7.58. The number of aliphatic hydroxyl groups is 1. The smallest absolute Gasteiger partial charge is 0.128 e. The summed E-state index contributed by atoms with van der Waals surface area (Å²) < 4.78 is 0. The van der Waals surface area contributed by atoms with Gasteiger partial charge < -0.3 is 9.90 Å². The minimum atomic E-state index is -0.593. The second-order valence-electron chi connectivity index (χ2n) is 4.08. The Kier molecular flexibility index (Phi) is 3.73. The summed E-state index contributed by atoms with van der Waals surface area (Å²) in [6, 6.07) is 0. The summed E-state index contributed by atoms with van der Waals surface area (Å²) in [6.07, 6.45) is 0.992. The molecule has 2 nitrogen and oxygen atoms in total. The van der Waals surface area contributed by atoms with E-state index >= 15 is 0 Å². The van der Waals surface area contributed by atoms with E-state index in [1.165, 1.54) is 0 Å². The molecule has 2 heteroatoms. The molecule has 0 aromatic heterocycles. The highest BCUT2D eigenvalue weighted by Gasteiger charge is 2.27. The third-order valence-corrected chi connectivity index (χ3v) is 1.86. The largest absolute Gasteiger partial charge is 0.392 e. The molecule has 0 bridgehead atoms. The minimum Gasteiger partial charge on any atom is -0.392 e. The summed E-state index contributed by atoms with van der Waals surface area (Å²) >= 11 is 0. The number of carbonyl (C=O) groups excluding carboxylic acids is 1. The van der Waals surface area contributed by atoms with E-state index in [0.29, 0.717) is 12.3 Å². The Balaban J connectivity index is 4.01. The van der Waals surface area contributed by atoms with Gasteiger partial charge in [0.2, 0.25) is 0 Å². The van der Waals surface area contributed by atoms with E-state index in [1.54, 1.807) is 13.8 Å². The van der Waals surface area contributed by atoms with Crippen molar-refractivity contribution in [3.05, 3.63) is 0 Å². The van der Waals surface area contributed by atoms with Crippen LogP contribution < -0.4 is 0 Å². The molecule has 0 fully saturated rings. The number of hydrogen-bond donors (Lipinski definition) is 1. The molecular weight excluding hydrogens is 140 g/mol. The summed E-state index contributed by atoms with van der Waals surface area (Å²) in [4.78, 5) is 10.5. The quantitative estimate of drug-likeness (QED) is 0.631. The molecule has 0 aromatic rings. The average molecular weight is 158 g/mol. The van der Waals surface area contributed by atoms with E-state index in [0.717, 1.165) is 6.29 Å². The average Bonchev–Trinajstić information content (AvgIpc) is 1.86. The van der Waals surface area contributed by atoms with Gasteiger partial charge in [0.15, 0.2) is 0 Å². The maximum atomic E-state index is 10.5. The zero-order valence-corrected chi connectivity index (χ0v) is 7.79. The highest BCUT2D eigenvalue weighted by Crippen LogP contribution is 2.22. The second kappa shape index (κ2) is 3.86. The molecular formula is C9H18O2. The Labute approximate surface area is 68.6 Å². The van der Waals surface area contributed by atoms with Gasteiger partial charge in [-0.25, -0.2) is 0 Å². The third-order valence-electron chi connectivity index (χ3n) is 1.86. The zero-order valence-electron chi connectivity index (χ0n) is 7.79. The van der Waals surface area contributed by atoms with Crippen LogP contribution in [-0.4, -0.2) is 17.5 Å². The monoisotopic (exact) mass is 158 g/mol. The zero-order chi connectivity index (χ0) is 9.07. The van der Waals surface area contributed by atoms with Crippen LogP contribution in [0.4, 0.5) is 0 Å². The summed E-state index contributed by atoms with van der Waals surface area (Å²) in [7, 11) is 0. The molecule has 0 saturated heterocycles. The van der Waals surface area contributed by atoms with Crippen molar-refractivity contribution < 1.29 is 9.90 Å². The predicted molar refractivity (Wildman–Crippen MR) is 45.3 cm³/mol. The van der Waals surface area contributed by atoms with Crippen molar-refractivity contribution in [1.82, 2.24) is 0 Å². The maximum absolute atomic E-state index is 10.5. The number of carbonyl (C=O) groups is 1. The number of rotatable bonds is 4. The van der Waals surface area contributed by atoms with Crippen molar-refractivity contribution in [3.63, 3.8) is 0 Å². The number of aliphatic hydroxyl groups excluding tert-OH is 1. The van der Waals surface area contributed by atoms with Gasteiger partial charge in [-0.3, -0.25) is 0 Å². The van der Waals surface area contributed by atoms with Crippen molar-refractivity contribution >= 4 is 6.29 Å². The fourth-order valence-electron chi connectivity index (χ4n) is 0.829. The molecule has 0 aliphatic rings. The standard InChI is InChI=1S/C9H18O2/c1-7(2)5-8(11)9(3,4)6-10/h6-8,11H,5H2,1-4H3/t8-/m1/s1. The van der Waals surface area contributed by atoms with E-state index in [9.17, 15) is 9.90 Å². The van der Waals surface area contributed by atoms with Crippen LogP contribution in [0, 0.1) is 11.3 Å². The van der Waals surface area contributed by atoms with Crippen LogP contribution in [0.5, 0.6) is 0 Å². The first kappa shape index (κ1) is 10.6. The van der Waals surface area contributed by atoms with Crippen molar-refractivity contribution in [3.8, 4) is 0 Å². The summed E-state index contributed by atoms with van der Waals surface area (Å²) in [5, 5.41) is 9.52. The van der Waals surface area contributed by atoms with Crippen molar-refractivity contribution in [2.45, 2.75) is 40.2 Å². The van der Waals surface area contributed by atoms with Gasteiger partial charge >= 0.3 is 0 Å². The van der Waals surface area contributed by atoms with E-state index < -0.39 is 11.5 Å². The van der Waals surface area contributed by atoms with E-state index in [1.807, 2.05) is 13.8 Å². The molecule has 0 rings (SSSR count). The Morgan fingerprint density at radius 1 is 1.45 bits per heavy atom. The van der Waals surface area contributed by atoms with Crippen molar-refractivity contribution in [1.29, 1.82) is 0 Å². The van der Waals surface area contributed by atoms with Crippen LogP contribution in [0.25, 0.3) is 0 Å². The molecule has 0 radical (unpaired) electrons. The van der Waals surface area contributed by atoms with Crippen LogP contribution in [0.3, 0.4) is 0 Å². The highest BCUT2D eigenvalue weighted by molar-refractivity contribution is 5.58. The SMILES string of the molecule is CC(C)C[C@@H](O)C(C)(C)C=O. The van der Waals surface area contributed by atoms with Gasteiger partial charge in [0.1, 0.15) is 6.29 Å². The fourth-order valence-corrected chi connectivity index (χ4v) is 0.829. The fraction of sp³-hybridized carbons (Fsp3) is 0.889. The first-order valence-electron chi connectivity index (χ1n) is 4.04. The molecule has 66 valence electrons. The van der Waals surface area contributed by atoms with E-state index in [4.69, 9.17) is 0 Å². The molecule has 11 heavy (non-hydrogen) atoms. The molecule has 0 unspecified atom stereocenters. The Morgan fingerprint density at radius 3 is 2.18 bits per heavy atom. The maximum Gasteiger partial charge on any atom is 0.128 e. The van der Waals surface area contributed by atoms with E-state index in [2.05, 4.69) is 0 Å². The van der Waals surface area contributed by atoms with Gasteiger partial charge in [0.25, 0.3) is 0 Å². The van der Waals surface area contributed by atoms with Gasteiger partial charge in [-0.15, -0.1) is 0 Å². The minimum absolute atomic E-state index is 0.434. The van der Waals surface area contributed by atoms with Crippen LogP contribution >= 0.6 is 0 Å². The molecule has 0 aromatic carbocycles. The predicted octanol–water partition coefficient (Wildman–Crippen LogP) is 1.62. The van der Waals surface area contributed by atoms with Gasteiger partial charge in [-0.1, -0.05) is 27.7 Å². The number of hydrogen-bond acceptors (Lipinski definition) is 2. The van der Waals surface area contributed by atoms with Crippen molar-refractivity contribution in [2.24, 2.45) is 11.3 Å². The van der Waals surface area contributed by atoms with Gasteiger partial charge in [0.05, 0.1) is 6.10 Å². The van der Waals surface area contributed by atoms with E-state index in [-0.39, 0.29) is 0 Å².